The van der Waals surface area contributed by atoms with Crippen LogP contribution in [0.2, 0.25) is 5.02 Å². The van der Waals surface area contributed by atoms with Gasteiger partial charge in [0, 0.05) is 11.8 Å². The van der Waals surface area contributed by atoms with E-state index in [0.29, 0.717) is 11.6 Å². The van der Waals surface area contributed by atoms with E-state index in [0.717, 1.165) is 28.2 Å². The SMILES string of the molecule is Cc1cccc(CON=Cc2c(-c3ccccc3)nc3ccc(Cl)cn23)c1. The summed E-state index contributed by atoms with van der Waals surface area (Å²) in [6.45, 7) is 2.47. The molecule has 0 aliphatic carbocycles. The fraction of sp³-hybridized carbons (Fsp3) is 0.0909. The minimum absolute atomic E-state index is 0.413. The number of nitrogens with zero attached hydrogens (tertiary/aromatic N) is 3. The molecule has 4 nitrogen and oxygen atoms in total. The molecule has 2 aromatic carbocycles. The molecule has 0 saturated heterocycles. The Bertz CT molecular complexity index is 1100. The number of benzene rings is 2. The van der Waals surface area contributed by atoms with E-state index in [4.69, 9.17) is 21.4 Å². The lowest BCUT2D eigenvalue weighted by Crippen LogP contribution is -1.95. The van der Waals surface area contributed by atoms with E-state index < -0.39 is 0 Å². The largest absolute Gasteiger partial charge is 0.391 e. The fourth-order valence-corrected chi connectivity index (χ4v) is 3.13. The van der Waals surface area contributed by atoms with Gasteiger partial charge in [0.2, 0.25) is 0 Å². The van der Waals surface area contributed by atoms with Crippen molar-refractivity contribution in [1.29, 1.82) is 0 Å². The maximum Gasteiger partial charge on any atom is 0.142 e. The summed E-state index contributed by atoms with van der Waals surface area (Å²) >= 11 is 6.18. The first-order chi connectivity index (χ1) is 13.2. The van der Waals surface area contributed by atoms with Crippen molar-refractivity contribution in [2.45, 2.75) is 13.5 Å². The van der Waals surface area contributed by atoms with Crippen LogP contribution < -0.4 is 0 Å². The molecule has 0 N–H and O–H groups in total. The number of hydrogen-bond donors (Lipinski definition) is 0. The van der Waals surface area contributed by atoms with Gasteiger partial charge in [0.1, 0.15) is 12.3 Å². The first-order valence-corrected chi connectivity index (χ1v) is 9.02. The van der Waals surface area contributed by atoms with Crippen molar-refractivity contribution in [2.24, 2.45) is 5.16 Å². The Morgan fingerprint density at radius 2 is 1.93 bits per heavy atom. The molecule has 27 heavy (non-hydrogen) atoms. The molecule has 0 aliphatic rings. The molecule has 0 fully saturated rings. The van der Waals surface area contributed by atoms with Gasteiger partial charge in [-0.25, -0.2) is 4.98 Å². The van der Waals surface area contributed by atoms with Crippen molar-refractivity contribution in [3.8, 4) is 11.3 Å². The smallest absolute Gasteiger partial charge is 0.142 e. The van der Waals surface area contributed by atoms with Crippen LogP contribution in [0.15, 0.2) is 78.1 Å². The third kappa shape index (κ3) is 3.86. The van der Waals surface area contributed by atoms with Gasteiger partial charge in [-0.05, 0) is 24.6 Å². The molecule has 0 unspecified atom stereocenters. The monoisotopic (exact) mass is 375 g/mol. The summed E-state index contributed by atoms with van der Waals surface area (Å²) in [6.07, 6.45) is 3.52. The zero-order chi connectivity index (χ0) is 18.6. The van der Waals surface area contributed by atoms with Gasteiger partial charge < -0.3 is 4.84 Å². The van der Waals surface area contributed by atoms with E-state index in [-0.39, 0.29) is 0 Å². The molecule has 0 amide bonds. The summed E-state index contributed by atoms with van der Waals surface area (Å²) < 4.78 is 1.92. The van der Waals surface area contributed by atoms with Crippen LogP contribution in [0.4, 0.5) is 0 Å². The number of halogens is 1. The predicted octanol–water partition coefficient (Wildman–Crippen LogP) is 5.51. The molecule has 2 heterocycles. The highest BCUT2D eigenvalue weighted by Crippen LogP contribution is 2.24. The molecule has 0 aliphatic heterocycles. The van der Waals surface area contributed by atoms with Crippen molar-refractivity contribution in [3.05, 3.63) is 94.8 Å². The van der Waals surface area contributed by atoms with Gasteiger partial charge in [0.25, 0.3) is 0 Å². The Morgan fingerprint density at radius 1 is 1.07 bits per heavy atom. The average Bonchev–Trinajstić information content (AvgIpc) is 3.04. The standard InChI is InChI=1S/C22H18ClN3O/c1-16-6-5-7-17(12-16)15-27-24-13-20-22(18-8-3-2-4-9-18)25-21-11-10-19(23)14-26(20)21/h2-14H,15H2,1H3. The van der Waals surface area contributed by atoms with E-state index in [2.05, 4.69) is 24.2 Å². The van der Waals surface area contributed by atoms with Crippen LogP contribution in [0, 0.1) is 6.92 Å². The molecule has 0 saturated carbocycles. The third-order valence-corrected chi connectivity index (χ3v) is 4.45. The van der Waals surface area contributed by atoms with Crippen LogP contribution in [0.25, 0.3) is 16.9 Å². The van der Waals surface area contributed by atoms with Crippen molar-refractivity contribution in [2.75, 3.05) is 0 Å². The second-order valence-corrected chi connectivity index (χ2v) is 6.72. The van der Waals surface area contributed by atoms with E-state index in [1.54, 1.807) is 6.21 Å². The maximum atomic E-state index is 6.18. The van der Waals surface area contributed by atoms with E-state index in [1.807, 2.05) is 65.2 Å². The Kier molecular flexibility index (Phi) is 4.90. The molecule has 4 rings (SSSR count). The molecule has 2 aromatic heterocycles. The second kappa shape index (κ2) is 7.64. The van der Waals surface area contributed by atoms with E-state index >= 15 is 0 Å². The van der Waals surface area contributed by atoms with Crippen LogP contribution in [0.5, 0.6) is 0 Å². The lowest BCUT2D eigenvalue weighted by Gasteiger charge is -2.02. The highest BCUT2D eigenvalue weighted by Gasteiger charge is 2.12. The summed E-state index contributed by atoms with van der Waals surface area (Å²) in [5.74, 6) is 0. The first kappa shape index (κ1) is 17.3. The third-order valence-electron chi connectivity index (χ3n) is 4.23. The zero-order valence-electron chi connectivity index (χ0n) is 14.8. The normalized spacial score (nSPS) is 11.3. The topological polar surface area (TPSA) is 38.9 Å². The number of oxime groups is 1. The molecular weight excluding hydrogens is 358 g/mol. The van der Waals surface area contributed by atoms with E-state index in [9.17, 15) is 0 Å². The minimum atomic E-state index is 0.413. The van der Waals surface area contributed by atoms with Gasteiger partial charge in [-0.3, -0.25) is 4.40 Å². The van der Waals surface area contributed by atoms with Gasteiger partial charge in [-0.15, -0.1) is 0 Å². The number of pyridine rings is 1. The summed E-state index contributed by atoms with van der Waals surface area (Å²) in [7, 11) is 0. The Labute approximate surface area is 162 Å². The highest BCUT2D eigenvalue weighted by molar-refractivity contribution is 6.30. The second-order valence-electron chi connectivity index (χ2n) is 6.28. The van der Waals surface area contributed by atoms with Crippen LogP contribution in [0.1, 0.15) is 16.8 Å². The van der Waals surface area contributed by atoms with Gasteiger partial charge >= 0.3 is 0 Å². The van der Waals surface area contributed by atoms with Gasteiger partial charge in [-0.2, -0.15) is 0 Å². The van der Waals surface area contributed by atoms with Crippen LogP contribution in [0.3, 0.4) is 0 Å². The van der Waals surface area contributed by atoms with Gasteiger partial charge in [0.15, 0.2) is 0 Å². The van der Waals surface area contributed by atoms with Crippen molar-refractivity contribution in [3.63, 3.8) is 0 Å². The van der Waals surface area contributed by atoms with Crippen LogP contribution in [-0.4, -0.2) is 15.6 Å². The molecule has 0 radical (unpaired) electrons. The number of aromatic nitrogens is 2. The Balaban J connectivity index is 1.66. The predicted molar refractivity (Wildman–Crippen MR) is 109 cm³/mol. The van der Waals surface area contributed by atoms with Gasteiger partial charge in [-0.1, -0.05) is 76.9 Å². The van der Waals surface area contributed by atoms with Crippen molar-refractivity contribution < 1.29 is 4.84 Å². The van der Waals surface area contributed by atoms with Crippen molar-refractivity contribution in [1.82, 2.24) is 9.38 Å². The molecule has 134 valence electrons. The van der Waals surface area contributed by atoms with Crippen LogP contribution >= 0.6 is 11.6 Å². The first-order valence-electron chi connectivity index (χ1n) is 8.64. The summed E-state index contributed by atoms with van der Waals surface area (Å²) in [5.41, 5.74) is 5.75. The average molecular weight is 376 g/mol. The van der Waals surface area contributed by atoms with Crippen LogP contribution in [-0.2, 0) is 11.4 Å². The molecule has 0 atom stereocenters. The summed E-state index contributed by atoms with van der Waals surface area (Å²) in [6, 6.07) is 21.9. The minimum Gasteiger partial charge on any atom is -0.391 e. The number of aryl methyl sites for hydroxylation is 1. The van der Waals surface area contributed by atoms with Gasteiger partial charge in [0.05, 0.1) is 22.6 Å². The molecule has 4 aromatic rings. The zero-order valence-corrected chi connectivity index (χ0v) is 15.6. The maximum absolute atomic E-state index is 6.18. The quantitative estimate of drug-likeness (QED) is 0.340. The van der Waals surface area contributed by atoms with Crippen molar-refractivity contribution >= 4 is 23.5 Å². The van der Waals surface area contributed by atoms with E-state index in [1.165, 1.54) is 5.56 Å². The summed E-state index contributed by atoms with van der Waals surface area (Å²) in [4.78, 5) is 10.2. The number of rotatable bonds is 5. The lowest BCUT2D eigenvalue weighted by atomic mass is 10.1. The Hall–Kier alpha value is -3.11. The number of fused-ring (bicyclic) bond motifs is 1. The molecule has 0 spiro atoms. The fourth-order valence-electron chi connectivity index (χ4n) is 2.97. The lowest BCUT2D eigenvalue weighted by molar-refractivity contribution is 0.132. The summed E-state index contributed by atoms with van der Waals surface area (Å²) in [5, 5.41) is 4.81. The number of imidazole rings is 1. The highest BCUT2D eigenvalue weighted by atomic mass is 35.5. The molecule has 0 bridgehead atoms. The molecular formula is C22H18ClN3O. The molecule has 5 heteroatoms. The number of hydrogen-bond acceptors (Lipinski definition) is 3. The Morgan fingerprint density at radius 3 is 2.74 bits per heavy atom.